The van der Waals surface area contributed by atoms with E-state index in [0.717, 1.165) is 49.1 Å². The van der Waals surface area contributed by atoms with Crippen LogP contribution in [0.5, 0.6) is 5.75 Å². The molecule has 23 heavy (non-hydrogen) atoms. The molecular weight excluding hydrogens is 294 g/mol. The Morgan fingerprint density at radius 1 is 1.17 bits per heavy atom. The second-order valence-corrected chi connectivity index (χ2v) is 5.68. The summed E-state index contributed by atoms with van der Waals surface area (Å²) in [5.41, 5.74) is 2.03. The Labute approximate surface area is 137 Å². The minimum absolute atomic E-state index is 0.0778. The van der Waals surface area contributed by atoms with Crippen LogP contribution in [0.2, 0.25) is 0 Å². The first kappa shape index (κ1) is 17.3. The number of hydrogen-bond acceptors (Lipinski definition) is 4. The van der Waals surface area contributed by atoms with Crippen LogP contribution in [0.4, 0.5) is 5.69 Å². The number of rotatable bonds is 9. The molecule has 5 nitrogen and oxygen atoms in total. The fourth-order valence-electron chi connectivity index (χ4n) is 2.60. The van der Waals surface area contributed by atoms with E-state index in [1.165, 1.54) is 0 Å². The van der Waals surface area contributed by atoms with Crippen LogP contribution in [0.1, 0.15) is 51.0 Å². The number of benzene rings is 1. The van der Waals surface area contributed by atoms with Crippen molar-refractivity contribution < 1.29 is 19.1 Å². The van der Waals surface area contributed by atoms with Gasteiger partial charge in [0.15, 0.2) is 0 Å². The van der Waals surface area contributed by atoms with Crippen molar-refractivity contribution >= 4 is 17.6 Å². The zero-order valence-electron chi connectivity index (χ0n) is 13.7. The van der Waals surface area contributed by atoms with E-state index in [1.807, 2.05) is 25.1 Å². The van der Waals surface area contributed by atoms with Gasteiger partial charge < -0.3 is 14.8 Å². The predicted octanol–water partition coefficient (Wildman–Crippen LogP) is 3.46. The summed E-state index contributed by atoms with van der Waals surface area (Å²) < 4.78 is 10.7. The number of anilines is 1. The van der Waals surface area contributed by atoms with Crippen LogP contribution < -0.4 is 10.1 Å². The molecule has 2 rings (SSSR count). The number of unbranched alkanes of at least 4 members (excludes halogenated alkanes) is 3. The van der Waals surface area contributed by atoms with Crippen LogP contribution in [0.15, 0.2) is 18.2 Å². The van der Waals surface area contributed by atoms with Crippen molar-refractivity contribution in [2.45, 2.75) is 51.9 Å². The highest BCUT2D eigenvalue weighted by atomic mass is 16.5. The standard InChI is InChI=1S/C18H25NO4/c1-2-22-18(21)7-5-3-4-6-12-23-15-9-10-16-14(13-15)8-11-17(20)19-16/h9-10,13H,2-8,11-12H2,1H3,(H,19,20). The van der Waals surface area contributed by atoms with Gasteiger partial charge in [-0.05, 0) is 49.9 Å². The Hall–Kier alpha value is -2.04. The van der Waals surface area contributed by atoms with Crippen molar-refractivity contribution in [3.8, 4) is 5.75 Å². The number of ether oxygens (including phenoxy) is 2. The van der Waals surface area contributed by atoms with Crippen LogP contribution in [-0.2, 0) is 20.7 Å². The molecule has 0 spiro atoms. The van der Waals surface area contributed by atoms with E-state index in [0.29, 0.717) is 26.1 Å². The van der Waals surface area contributed by atoms with Gasteiger partial charge in [-0.3, -0.25) is 9.59 Å². The van der Waals surface area contributed by atoms with E-state index in [1.54, 1.807) is 0 Å². The molecule has 0 saturated heterocycles. The molecule has 1 aliphatic heterocycles. The molecule has 0 unspecified atom stereocenters. The Morgan fingerprint density at radius 2 is 2.00 bits per heavy atom. The van der Waals surface area contributed by atoms with Crippen LogP contribution >= 0.6 is 0 Å². The second kappa shape index (κ2) is 9.18. The van der Waals surface area contributed by atoms with Crippen LogP contribution in [-0.4, -0.2) is 25.1 Å². The number of esters is 1. The van der Waals surface area contributed by atoms with Crippen molar-refractivity contribution in [3.63, 3.8) is 0 Å². The summed E-state index contributed by atoms with van der Waals surface area (Å²) in [7, 11) is 0. The molecule has 0 radical (unpaired) electrons. The summed E-state index contributed by atoms with van der Waals surface area (Å²) >= 11 is 0. The van der Waals surface area contributed by atoms with Crippen LogP contribution in [0.3, 0.4) is 0 Å². The summed E-state index contributed by atoms with van der Waals surface area (Å²) in [4.78, 5) is 22.5. The van der Waals surface area contributed by atoms with E-state index in [2.05, 4.69) is 5.32 Å². The highest BCUT2D eigenvalue weighted by Gasteiger charge is 2.14. The normalized spacial score (nSPS) is 13.2. The second-order valence-electron chi connectivity index (χ2n) is 5.68. The Kier molecular flexibility index (Phi) is 6.91. The topological polar surface area (TPSA) is 64.6 Å². The van der Waals surface area contributed by atoms with Gasteiger partial charge in [-0.15, -0.1) is 0 Å². The average molecular weight is 319 g/mol. The van der Waals surface area contributed by atoms with Gasteiger partial charge >= 0.3 is 5.97 Å². The summed E-state index contributed by atoms with van der Waals surface area (Å²) in [6.07, 6.45) is 5.71. The van der Waals surface area contributed by atoms with E-state index in [4.69, 9.17) is 9.47 Å². The largest absolute Gasteiger partial charge is 0.494 e. The van der Waals surface area contributed by atoms with Crippen LogP contribution in [0, 0.1) is 0 Å². The zero-order valence-corrected chi connectivity index (χ0v) is 13.7. The first-order valence-electron chi connectivity index (χ1n) is 8.40. The lowest BCUT2D eigenvalue weighted by atomic mass is 10.0. The quantitative estimate of drug-likeness (QED) is 0.559. The monoisotopic (exact) mass is 319 g/mol. The maximum Gasteiger partial charge on any atom is 0.305 e. The van der Waals surface area contributed by atoms with Crippen molar-refractivity contribution in [3.05, 3.63) is 23.8 Å². The number of nitrogens with one attached hydrogen (secondary N) is 1. The Morgan fingerprint density at radius 3 is 2.83 bits per heavy atom. The summed E-state index contributed by atoms with van der Waals surface area (Å²) in [6.45, 7) is 2.95. The van der Waals surface area contributed by atoms with Gasteiger partial charge in [0.25, 0.3) is 0 Å². The maximum atomic E-state index is 11.3. The molecule has 0 fully saturated rings. The highest BCUT2D eigenvalue weighted by molar-refractivity contribution is 5.93. The molecule has 1 aliphatic rings. The molecule has 0 atom stereocenters. The zero-order chi connectivity index (χ0) is 16.5. The lowest BCUT2D eigenvalue weighted by Gasteiger charge is -2.17. The molecule has 1 aromatic rings. The number of carbonyl (C=O) groups is 2. The minimum Gasteiger partial charge on any atom is -0.494 e. The van der Waals surface area contributed by atoms with Gasteiger partial charge in [0.2, 0.25) is 5.91 Å². The Bertz CT molecular complexity index is 542. The molecule has 1 N–H and O–H groups in total. The van der Waals surface area contributed by atoms with Gasteiger partial charge in [0, 0.05) is 18.5 Å². The van der Waals surface area contributed by atoms with Gasteiger partial charge in [0.05, 0.1) is 13.2 Å². The third kappa shape index (κ3) is 5.93. The SMILES string of the molecule is CCOC(=O)CCCCCCOc1ccc2c(c1)CCC(=O)N2. The first-order valence-corrected chi connectivity index (χ1v) is 8.40. The van der Waals surface area contributed by atoms with Crippen molar-refractivity contribution in [2.24, 2.45) is 0 Å². The van der Waals surface area contributed by atoms with Crippen molar-refractivity contribution in [1.29, 1.82) is 0 Å². The van der Waals surface area contributed by atoms with Gasteiger partial charge in [-0.2, -0.15) is 0 Å². The van der Waals surface area contributed by atoms with E-state index >= 15 is 0 Å². The molecule has 1 heterocycles. The molecule has 1 amide bonds. The fraction of sp³-hybridized carbons (Fsp3) is 0.556. The summed E-state index contributed by atoms with van der Waals surface area (Å²) in [5.74, 6) is 0.824. The molecule has 0 aliphatic carbocycles. The fourth-order valence-corrected chi connectivity index (χ4v) is 2.60. The lowest BCUT2D eigenvalue weighted by Crippen LogP contribution is -2.18. The average Bonchev–Trinajstić information content (AvgIpc) is 2.54. The van der Waals surface area contributed by atoms with E-state index in [-0.39, 0.29) is 11.9 Å². The predicted molar refractivity (Wildman–Crippen MR) is 88.6 cm³/mol. The third-order valence-corrected chi connectivity index (χ3v) is 3.82. The number of hydrogen-bond donors (Lipinski definition) is 1. The molecular formula is C18H25NO4. The summed E-state index contributed by atoms with van der Waals surface area (Å²) in [6, 6.07) is 5.81. The van der Waals surface area contributed by atoms with Gasteiger partial charge in [-0.1, -0.05) is 12.8 Å². The van der Waals surface area contributed by atoms with Crippen LogP contribution in [0.25, 0.3) is 0 Å². The van der Waals surface area contributed by atoms with E-state index in [9.17, 15) is 9.59 Å². The molecule has 1 aromatic carbocycles. The number of carbonyl (C=O) groups excluding carboxylic acids is 2. The number of fused-ring (bicyclic) bond motifs is 1. The van der Waals surface area contributed by atoms with E-state index < -0.39 is 0 Å². The maximum absolute atomic E-state index is 11.3. The first-order chi connectivity index (χ1) is 11.2. The summed E-state index contributed by atoms with van der Waals surface area (Å²) in [5, 5.41) is 2.86. The molecule has 126 valence electrons. The lowest BCUT2D eigenvalue weighted by molar-refractivity contribution is -0.143. The number of aryl methyl sites for hydroxylation is 1. The van der Waals surface area contributed by atoms with Gasteiger partial charge in [0.1, 0.15) is 5.75 Å². The molecule has 0 bridgehead atoms. The molecule has 5 heteroatoms. The van der Waals surface area contributed by atoms with Gasteiger partial charge in [-0.25, -0.2) is 0 Å². The molecule has 0 saturated carbocycles. The minimum atomic E-state index is -0.107. The third-order valence-electron chi connectivity index (χ3n) is 3.82. The Balaban J connectivity index is 1.60. The van der Waals surface area contributed by atoms with Crippen molar-refractivity contribution in [1.82, 2.24) is 0 Å². The smallest absolute Gasteiger partial charge is 0.305 e. The van der Waals surface area contributed by atoms with Crippen molar-refractivity contribution in [2.75, 3.05) is 18.5 Å². The number of amides is 1. The molecule has 0 aromatic heterocycles. The highest BCUT2D eigenvalue weighted by Crippen LogP contribution is 2.26.